The average molecular weight is 403 g/mol. The van der Waals surface area contributed by atoms with E-state index < -0.39 is 0 Å². The zero-order chi connectivity index (χ0) is 20.2. The molecule has 0 radical (unpaired) electrons. The second-order valence-corrected chi connectivity index (χ2v) is 8.54. The molecule has 0 aromatic heterocycles. The molecular weight excluding hydrogens is 380 g/mol. The average Bonchev–Trinajstić information content (AvgIpc) is 2.86. The van der Waals surface area contributed by atoms with Gasteiger partial charge in [-0.1, -0.05) is 145 Å². The highest BCUT2D eigenvalue weighted by molar-refractivity contribution is 8.16. The summed E-state index contributed by atoms with van der Waals surface area (Å²) in [6.07, 6.45) is 4.87. The third kappa shape index (κ3) is 3.53. The fraction of sp³-hybridized carbons (Fsp3) is 0.0345. The molecule has 4 aromatic rings. The number of hydrogen-bond donors (Lipinski definition) is 0. The van der Waals surface area contributed by atoms with Gasteiger partial charge in [0.15, 0.2) is 0 Å². The van der Waals surface area contributed by atoms with E-state index in [4.69, 9.17) is 0 Å². The normalized spacial score (nSPS) is 15.2. The zero-order valence-corrected chi connectivity index (χ0v) is 17.4. The summed E-state index contributed by atoms with van der Waals surface area (Å²) >= 11 is 1.85. The maximum absolute atomic E-state index is 2.43. The summed E-state index contributed by atoms with van der Waals surface area (Å²) in [6, 6.07) is 43.1. The monoisotopic (exact) mass is 402 g/mol. The number of allylic oxidation sites excluding steroid dienone is 2. The van der Waals surface area contributed by atoms with Gasteiger partial charge in [-0.3, -0.25) is 0 Å². The predicted octanol–water partition coefficient (Wildman–Crippen LogP) is 7.80. The maximum Gasteiger partial charge on any atom is 0.0590 e. The van der Waals surface area contributed by atoms with Gasteiger partial charge in [0, 0.05) is 9.81 Å². The second-order valence-electron chi connectivity index (χ2n) is 7.45. The van der Waals surface area contributed by atoms with Crippen LogP contribution >= 0.6 is 11.8 Å². The van der Waals surface area contributed by atoms with Crippen LogP contribution in [0.25, 0.3) is 9.81 Å². The Balaban J connectivity index is 1.80. The number of rotatable bonds is 4. The minimum Gasteiger partial charge on any atom is -0.0894 e. The first-order valence-electron chi connectivity index (χ1n) is 10.2. The first kappa shape index (κ1) is 18.7. The van der Waals surface area contributed by atoms with E-state index in [-0.39, 0.29) is 5.41 Å². The van der Waals surface area contributed by atoms with Crippen LogP contribution in [0.2, 0.25) is 0 Å². The predicted molar refractivity (Wildman–Crippen MR) is 130 cm³/mol. The van der Waals surface area contributed by atoms with Gasteiger partial charge in [-0.2, -0.15) is 0 Å². The van der Waals surface area contributed by atoms with Crippen molar-refractivity contribution in [1.82, 2.24) is 0 Å². The van der Waals surface area contributed by atoms with Crippen molar-refractivity contribution in [3.05, 3.63) is 156 Å². The number of benzene rings is 4. The first-order chi connectivity index (χ1) is 14.9. The van der Waals surface area contributed by atoms with Crippen molar-refractivity contribution in [3.63, 3.8) is 0 Å². The molecule has 5 rings (SSSR count). The molecule has 30 heavy (non-hydrogen) atoms. The lowest BCUT2D eigenvalue weighted by molar-refractivity contribution is 0.820. The maximum atomic E-state index is 2.43. The fourth-order valence-electron chi connectivity index (χ4n) is 4.05. The summed E-state index contributed by atoms with van der Waals surface area (Å²) in [5.74, 6) is 0. The highest BCUT2D eigenvalue weighted by Crippen LogP contribution is 2.51. The van der Waals surface area contributed by atoms with Crippen molar-refractivity contribution >= 4 is 21.6 Å². The first-order valence-corrected chi connectivity index (χ1v) is 11.0. The molecule has 0 unspecified atom stereocenters. The quantitative estimate of drug-likeness (QED) is 0.335. The van der Waals surface area contributed by atoms with E-state index in [0.29, 0.717) is 0 Å². The molecule has 0 saturated heterocycles. The Morgan fingerprint density at radius 3 is 1.10 bits per heavy atom. The van der Waals surface area contributed by atoms with Gasteiger partial charge < -0.3 is 0 Å². The van der Waals surface area contributed by atoms with Crippen LogP contribution in [-0.4, -0.2) is 0 Å². The minimum absolute atomic E-state index is 0.329. The lowest BCUT2D eigenvalue weighted by Crippen LogP contribution is -2.25. The summed E-state index contributed by atoms with van der Waals surface area (Å²) in [7, 11) is 0. The van der Waals surface area contributed by atoms with Gasteiger partial charge in [0.1, 0.15) is 0 Å². The second kappa shape index (κ2) is 8.22. The Bertz CT molecular complexity index is 1080. The Labute approximate surface area is 182 Å². The SMILES string of the molecule is C1=C(c2ccccc2)SC(c2ccccc2)=CC1(c1ccccc1)c1ccccc1. The molecule has 1 heterocycles. The van der Waals surface area contributed by atoms with Gasteiger partial charge >= 0.3 is 0 Å². The molecule has 1 heteroatoms. The highest BCUT2D eigenvalue weighted by atomic mass is 32.2. The van der Waals surface area contributed by atoms with Gasteiger partial charge in [-0.25, -0.2) is 0 Å². The summed E-state index contributed by atoms with van der Waals surface area (Å²) in [6.45, 7) is 0. The van der Waals surface area contributed by atoms with Crippen molar-refractivity contribution in [2.45, 2.75) is 5.41 Å². The van der Waals surface area contributed by atoms with E-state index in [1.807, 2.05) is 11.8 Å². The minimum atomic E-state index is -0.329. The number of hydrogen-bond acceptors (Lipinski definition) is 1. The molecular formula is C29H22S. The third-order valence-corrected chi connectivity index (χ3v) is 6.70. The fourth-order valence-corrected chi connectivity index (χ4v) is 5.28. The van der Waals surface area contributed by atoms with Crippen LogP contribution in [0.5, 0.6) is 0 Å². The molecule has 0 spiro atoms. The molecule has 0 nitrogen and oxygen atoms in total. The lowest BCUT2D eigenvalue weighted by atomic mass is 9.73. The van der Waals surface area contributed by atoms with Crippen LogP contribution in [0.1, 0.15) is 22.3 Å². The van der Waals surface area contributed by atoms with Gasteiger partial charge in [0.2, 0.25) is 0 Å². The van der Waals surface area contributed by atoms with Gasteiger partial charge in [-0.05, 0) is 22.3 Å². The van der Waals surface area contributed by atoms with Gasteiger partial charge in [-0.15, -0.1) is 0 Å². The van der Waals surface area contributed by atoms with Crippen molar-refractivity contribution in [1.29, 1.82) is 0 Å². The molecule has 0 fully saturated rings. The molecule has 1 aliphatic rings. The topological polar surface area (TPSA) is 0 Å². The molecule has 0 N–H and O–H groups in total. The van der Waals surface area contributed by atoms with Crippen LogP contribution in [0, 0.1) is 0 Å². The van der Waals surface area contributed by atoms with E-state index in [9.17, 15) is 0 Å². The summed E-state index contributed by atoms with van der Waals surface area (Å²) in [5, 5.41) is 0. The van der Waals surface area contributed by atoms with Crippen LogP contribution < -0.4 is 0 Å². The molecule has 144 valence electrons. The van der Waals surface area contributed by atoms with Crippen LogP contribution in [-0.2, 0) is 5.41 Å². The van der Waals surface area contributed by atoms with Crippen molar-refractivity contribution in [2.24, 2.45) is 0 Å². The molecule has 4 aromatic carbocycles. The van der Waals surface area contributed by atoms with E-state index in [2.05, 4.69) is 133 Å². The van der Waals surface area contributed by atoms with Crippen LogP contribution in [0.15, 0.2) is 133 Å². The largest absolute Gasteiger partial charge is 0.0894 e. The van der Waals surface area contributed by atoms with Gasteiger partial charge in [0.25, 0.3) is 0 Å². The Morgan fingerprint density at radius 1 is 0.400 bits per heavy atom. The molecule has 0 atom stereocenters. The highest BCUT2D eigenvalue weighted by Gasteiger charge is 2.34. The summed E-state index contributed by atoms with van der Waals surface area (Å²) < 4.78 is 0. The Hall–Kier alpha value is -3.29. The Kier molecular flexibility index (Phi) is 5.13. The van der Waals surface area contributed by atoms with Gasteiger partial charge in [0.05, 0.1) is 5.41 Å². The zero-order valence-electron chi connectivity index (χ0n) is 16.6. The summed E-state index contributed by atoms with van der Waals surface area (Å²) in [4.78, 5) is 2.56. The lowest BCUT2D eigenvalue weighted by Gasteiger charge is -2.34. The van der Waals surface area contributed by atoms with E-state index in [1.165, 1.54) is 32.1 Å². The Morgan fingerprint density at radius 2 is 0.733 bits per heavy atom. The van der Waals surface area contributed by atoms with Crippen molar-refractivity contribution in [2.75, 3.05) is 0 Å². The van der Waals surface area contributed by atoms with E-state index >= 15 is 0 Å². The summed E-state index contributed by atoms with van der Waals surface area (Å²) in [5.41, 5.74) is 4.72. The standard InChI is InChI=1S/C29H22S/c1-5-13-23(14-6-1)27-21-29(25-17-9-3-10-18-25,26-19-11-4-12-20-26)22-28(30-27)24-15-7-2-8-16-24/h1-22H. The molecule has 1 aliphatic heterocycles. The third-order valence-electron chi connectivity index (χ3n) is 5.56. The number of thioether (sulfide) groups is 1. The molecule has 0 bridgehead atoms. The van der Waals surface area contributed by atoms with Crippen molar-refractivity contribution in [3.8, 4) is 0 Å². The van der Waals surface area contributed by atoms with Crippen LogP contribution in [0.3, 0.4) is 0 Å². The van der Waals surface area contributed by atoms with E-state index in [1.54, 1.807) is 0 Å². The molecule has 0 amide bonds. The van der Waals surface area contributed by atoms with Crippen molar-refractivity contribution < 1.29 is 0 Å². The molecule has 0 saturated carbocycles. The molecule has 0 aliphatic carbocycles. The van der Waals surface area contributed by atoms with Crippen LogP contribution in [0.4, 0.5) is 0 Å². The van der Waals surface area contributed by atoms with E-state index in [0.717, 1.165) is 0 Å². The smallest absolute Gasteiger partial charge is 0.0590 e.